The Morgan fingerprint density at radius 2 is 1.17 bits per heavy atom. The first-order valence-electron chi connectivity index (χ1n) is 13.2. The van der Waals surface area contributed by atoms with Crippen LogP contribution in [0.15, 0.2) is 0 Å². The molecule has 0 rings (SSSR count). The highest BCUT2D eigenvalue weighted by Gasteiger charge is 2.18. The third-order valence-electron chi connectivity index (χ3n) is 5.94. The van der Waals surface area contributed by atoms with Gasteiger partial charge in [-0.2, -0.15) is 11.8 Å². The topological polar surface area (TPSA) is 49.4 Å². The number of hydrogen-bond donors (Lipinski definition) is 1. The maximum absolute atomic E-state index is 10.8. The molecule has 0 bridgehead atoms. The Labute approximate surface area is 193 Å². The average Bonchev–Trinajstić information content (AvgIpc) is 2.72. The Bertz CT molecular complexity index is 325. The predicted octanol–water partition coefficient (Wildman–Crippen LogP) is 8.30. The monoisotopic (exact) mass is 445 g/mol. The molecule has 0 heterocycles. The fourth-order valence-electron chi connectivity index (χ4n) is 3.87. The number of unbranched alkanes of at least 4 members (excludes halogenated alkanes) is 14. The van der Waals surface area contributed by atoms with Gasteiger partial charge in [0.15, 0.2) is 6.29 Å². The van der Waals surface area contributed by atoms with Gasteiger partial charge in [-0.05, 0) is 25.5 Å². The van der Waals surface area contributed by atoms with Gasteiger partial charge < -0.3 is 9.84 Å². The molecule has 30 heavy (non-hydrogen) atoms. The van der Waals surface area contributed by atoms with Gasteiger partial charge in [0.2, 0.25) is 0 Å². The molecule has 0 fully saturated rings. The van der Waals surface area contributed by atoms with Gasteiger partial charge in [0.25, 0.3) is 0 Å². The molecule has 0 aliphatic rings. The zero-order valence-corrected chi connectivity index (χ0v) is 21.4. The standard InChI is InChI=1S/C26H53O3S/c1-4-6-8-10-11-12-13-14-15-17-19-23-30-25(20-18-16-9-7-5-2)24(3)29-22-21-26(27)28/h24-27H,4-23H2,1-3H3. The summed E-state index contributed by atoms with van der Waals surface area (Å²) in [5, 5.41) is 20.2. The van der Waals surface area contributed by atoms with Crippen molar-refractivity contribution in [3.8, 4) is 0 Å². The predicted molar refractivity (Wildman–Crippen MR) is 133 cm³/mol. The Morgan fingerprint density at radius 3 is 1.67 bits per heavy atom. The third-order valence-corrected chi connectivity index (χ3v) is 7.51. The molecular weight excluding hydrogens is 392 g/mol. The average molecular weight is 446 g/mol. The van der Waals surface area contributed by atoms with Crippen LogP contribution >= 0.6 is 11.8 Å². The second-order valence-corrected chi connectivity index (χ2v) is 10.3. The zero-order chi connectivity index (χ0) is 22.3. The van der Waals surface area contributed by atoms with Gasteiger partial charge in [-0.3, -0.25) is 0 Å². The lowest BCUT2D eigenvalue weighted by molar-refractivity contribution is -0.110. The Kier molecular flexibility index (Phi) is 24.1. The van der Waals surface area contributed by atoms with Crippen molar-refractivity contribution in [2.75, 3.05) is 12.4 Å². The van der Waals surface area contributed by atoms with Crippen LogP contribution < -0.4 is 0 Å². The summed E-state index contributed by atoms with van der Waals surface area (Å²) in [7, 11) is 0. The van der Waals surface area contributed by atoms with Crippen molar-refractivity contribution >= 4 is 11.8 Å². The summed E-state index contributed by atoms with van der Waals surface area (Å²) >= 11 is 2.07. The van der Waals surface area contributed by atoms with Crippen molar-refractivity contribution in [2.45, 2.75) is 154 Å². The summed E-state index contributed by atoms with van der Waals surface area (Å²) in [5.41, 5.74) is 0. The quantitative estimate of drug-likeness (QED) is 0.120. The minimum atomic E-state index is -1.51. The molecule has 0 aromatic heterocycles. The van der Waals surface area contributed by atoms with Crippen LogP contribution in [0, 0.1) is 0 Å². The van der Waals surface area contributed by atoms with E-state index in [4.69, 9.17) is 9.84 Å². The molecule has 3 atom stereocenters. The highest BCUT2D eigenvalue weighted by molar-refractivity contribution is 7.99. The van der Waals surface area contributed by atoms with Crippen LogP contribution in [0.3, 0.4) is 0 Å². The number of aliphatic hydroxyl groups is 1. The molecule has 1 N–H and O–H groups in total. The fraction of sp³-hybridized carbons (Fsp3) is 1.00. The summed E-state index contributed by atoms with van der Waals surface area (Å²) in [6.07, 6.45) is 21.9. The summed E-state index contributed by atoms with van der Waals surface area (Å²) in [6.45, 7) is 7.05. The number of ether oxygens (including phenoxy) is 1. The Balaban J connectivity index is 3.84. The molecule has 3 unspecified atom stereocenters. The van der Waals surface area contributed by atoms with Gasteiger partial charge in [-0.25, -0.2) is 5.11 Å². The van der Waals surface area contributed by atoms with Crippen LogP contribution in [0.4, 0.5) is 0 Å². The van der Waals surface area contributed by atoms with Crippen molar-refractivity contribution in [3.05, 3.63) is 0 Å². The first-order chi connectivity index (χ1) is 14.6. The van der Waals surface area contributed by atoms with Crippen LogP contribution in [-0.4, -0.2) is 35.1 Å². The Morgan fingerprint density at radius 1 is 0.700 bits per heavy atom. The number of aliphatic hydroxyl groups excluding tert-OH is 1. The van der Waals surface area contributed by atoms with Gasteiger partial charge in [0.1, 0.15) is 0 Å². The van der Waals surface area contributed by atoms with Crippen LogP contribution in [0.25, 0.3) is 0 Å². The first kappa shape index (κ1) is 30.2. The van der Waals surface area contributed by atoms with E-state index in [0.29, 0.717) is 11.9 Å². The molecule has 0 saturated heterocycles. The number of thioether (sulfide) groups is 1. The molecule has 4 heteroatoms. The van der Waals surface area contributed by atoms with Crippen molar-refractivity contribution in [1.82, 2.24) is 0 Å². The fourth-order valence-corrected chi connectivity index (χ4v) is 5.22. The molecule has 181 valence electrons. The van der Waals surface area contributed by atoms with Gasteiger partial charge in [0, 0.05) is 11.7 Å². The smallest absolute Gasteiger partial charge is 0.191 e. The molecule has 0 spiro atoms. The molecule has 0 aliphatic carbocycles. The molecule has 0 aliphatic heterocycles. The van der Waals surface area contributed by atoms with Crippen LogP contribution in [0.1, 0.15) is 136 Å². The van der Waals surface area contributed by atoms with Gasteiger partial charge >= 0.3 is 0 Å². The normalized spacial score (nSPS) is 13.8. The van der Waals surface area contributed by atoms with Gasteiger partial charge in [-0.1, -0.05) is 110 Å². The van der Waals surface area contributed by atoms with Crippen molar-refractivity contribution < 1.29 is 14.9 Å². The van der Waals surface area contributed by atoms with E-state index in [1.54, 1.807) is 0 Å². The van der Waals surface area contributed by atoms with Crippen LogP contribution in [0.2, 0.25) is 0 Å². The van der Waals surface area contributed by atoms with E-state index in [0.717, 1.165) is 0 Å². The highest BCUT2D eigenvalue weighted by atomic mass is 32.2. The first-order valence-corrected chi connectivity index (χ1v) is 14.2. The van der Waals surface area contributed by atoms with Gasteiger partial charge in [0.05, 0.1) is 12.7 Å². The van der Waals surface area contributed by atoms with Crippen molar-refractivity contribution in [3.63, 3.8) is 0 Å². The van der Waals surface area contributed by atoms with E-state index < -0.39 is 6.29 Å². The summed E-state index contributed by atoms with van der Waals surface area (Å²) < 4.78 is 5.87. The van der Waals surface area contributed by atoms with E-state index in [-0.39, 0.29) is 12.5 Å². The second-order valence-electron chi connectivity index (χ2n) is 8.97. The van der Waals surface area contributed by atoms with E-state index in [9.17, 15) is 5.11 Å². The van der Waals surface area contributed by atoms with E-state index in [1.807, 2.05) is 0 Å². The third kappa shape index (κ3) is 21.5. The lowest BCUT2D eigenvalue weighted by atomic mass is 10.1. The summed E-state index contributed by atoms with van der Waals surface area (Å²) in [6, 6.07) is 0. The second kappa shape index (κ2) is 23.9. The summed E-state index contributed by atoms with van der Waals surface area (Å²) in [4.78, 5) is 0. The van der Waals surface area contributed by atoms with E-state index >= 15 is 0 Å². The molecule has 0 aromatic carbocycles. The van der Waals surface area contributed by atoms with E-state index in [1.165, 1.54) is 115 Å². The molecule has 0 aromatic rings. The number of hydrogen-bond acceptors (Lipinski definition) is 3. The minimum absolute atomic E-state index is 0.160. The van der Waals surface area contributed by atoms with Gasteiger partial charge in [-0.15, -0.1) is 0 Å². The maximum Gasteiger partial charge on any atom is 0.191 e. The molecule has 3 nitrogen and oxygen atoms in total. The zero-order valence-electron chi connectivity index (χ0n) is 20.5. The Hall–Kier alpha value is 0.230. The van der Waals surface area contributed by atoms with Crippen LogP contribution in [-0.2, 0) is 9.84 Å². The molecule has 1 radical (unpaired) electrons. The summed E-state index contributed by atoms with van der Waals surface area (Å²) in [5.74, 6) is 1.22. The van der Waals surface area contributed by atoms with E-state index in [2.05, 4.69) is 32.5 Å². The number of rotatable bonds is 24. The maximum atomic E-state index is 10.8. The largest absolute Gasteiger partial charge is 0.377 e. The van der Waals surface area contributed by atoms with Crippen molar-refractivity contribution in [2.24, 2.45) is 0 Å². The lowest BCUT2D eigenvalue weighted by Crippen LogP contribution is -2.25. The highest BCUT2D eigenvalue weighted by Crippen LogP contribution is 2.25. The lowest BCUT2D eigenvalue weighted by Gasteiger charge is -2.24. The molecule has 0 amide bonds. The van der Waals surface area contributed by atoms with Crippen LogP contribution in [0.5, 0.6) is 0 Å². The molecule has 0 saturated carbocycles. The SMILES string of the molecule is CCCCCCCCCCCCCSC(CCCCCCC)C(C)OCCC([O])O. The molecular formula is C26H53O3S. The van der Waals surface area contributed by atoms with Crippen molar-refractivity contribution in [1.29, 1.82) is 0 Å². The minimum Gasteiger partial charge on any atom is -0.377 e.